The van der Waals surface area contributed by atoms with Gasteiger partial charge in [-0.1, -0.05) is 6.07 Å². The van der Waals surface area contributed by atoms with Crippen LogP contribution >= 0.6 is 11.3 Å². The molecule has 0 aliphatic carbocycles. The van der Waals surface area contributed by atoms with Gasteiger partial charge >= 0.3 is 0 Å². The normalized spacial score (nSPS) is 16.1. The van der Waals surface area contributed by atoms with E-state index >= 15 is 0 Å². The number of thiophene rings is 1. The van der Waals surface area contributed by atoms with E-state index < -0.39 is 0 Å². The molecule has 3 heterocycles. The molecule has 1 amide bonds. The second kappa shape index (κ2) is 5.38. The molecule has 1 aliphatic heterocycles. The second-order valence-electron chi connectivity index (χ2n) is 5.28. The molecule has 0 N–H and O–H groups in total. The number of carbonyl (C=O) groups is 1. The van der Waals surface area contributed by atoms with Crippen LogP contribution in [0.5, 0.6) is 0 Å². The monoisotopic (exact) mass is 321 g/mol. The molecule has 2 aromatic heterocycles. The van der Waals surface area contributed by atoms with Crippen molar-refractivity contribution in [3.63, 3.8) is 0 Å². The Hall–Kier alpha value is -2.91. The average molecular weight is 321 g/mol. The highest BCUT2D eigenvalue weighted by Gasteiger charge is 2.37. The van der Waals surface area contributed by atoms with E-state index in [2.05, 4.69) is 11.1 Å². The van der Waals surface area contributed by atoms with Crippen LogP contribution in [0.4, 0.5) is 0 Å². The first kappa shape index (κ1) is 13.7. The zero-order chi connectivity index (χ0) is 15.8. The molecule has 6 heteroatoms. The van der Waals surface area contributed by atoms with Gasteiger partial charge in [0.05, 0.1) is 23.4 Å². The molecule has 0 radical (unpaired) electrons. The molecule has 1 aliphatic rings. The van der Waals surface area contributed by atoms with Crippen LogP contribution in [0.25, 0.3) is 0 Å². The van der Waals surface area contributed by atoms with Gasteiger partial charge in [0.1, 0.15) is 6.04 Å². The van der Waals surface area contributed by atoms with Gasteiger partial charge in [0.25, 0.3) is 5.91 Å². The molecule has 23 heavy (non-hydrogen) atoms. The number of rotatable bonds is 2. The van der Waals surface area contributed by atoms with E-state index in [1.54, 1.807) is 17.2 Å². The summed E-state index contributed by atoms with van der Waals surface area (Å²) in [5.41, 5.74) is 3.19. The zero-order valence-electron chi connectivity index (χ0n) is 12.0. The molecule has 0 fully saturated rings. The van der Waals surface area contributed by atoms with Crippen LogP contribution in [-0.4, -0.2) is 15.8 Å². The number of nitriles is 1. The summed E-state index contributed by atoms with van der Waals surface area (Å²) >= 11 is 1.49. The number of hydrogen-bond acceptors (Lipinski definition) is 5. The van der Waals surface area contributed by atoms with Crippen molar-refractivity contribution in [1.82, 2.24) is 9.88 Å². The topological polar surface area (TPSA) is 70.1 Å². The van der Waals surface area contributed by atoms with Crippen LogP contribution in [0, 0.1) is 11.3 Å². The smallest absolute Gasteiger partial charge is 0.255 e. The fourth-order valence-corrected chi connectivity index (χ4v) is 3.56. The Morgan fingerprint density at radius 2 is 2.35 bits per heavy atom. The minimum atomic E-state index is -0.312. The quantitative estimate of drug-likeness (QED) is 0.725. The predicted octanol–water partition coefficient (Wildman–Crippen LogP) is 3.35. The van der Waals surface area contributed by atoms with Gasteiger partial charge in [0, 0.05) is 11.9 Å². The maximum Gasteiger partial charge on any atom is 0.255 e. The number of amides is 1. The second-order valence-corrected chi connectivity index (χ2v) is 6.06. The summed E-state index contributed by atoms with van der Waals surface area (Å²) in [5, 5.41) is 12.8. The van der Waals surface area contributed by atoms with Crippen molar-refractivity contribution in [2.24, 2.45) is 0 Å². The van der Waals surface area contributed by atoms with E-state index in [0.29, 0.717) is 23.4 Å². The van der Waals surface area contributed by atoms with Crippen LogP contribution in [0.2, 0.25) is 0 Å². The van der Waals surface area contributed by atoms with Crippen LogP contribution in [0.1, 0.15) is 38.9 Å². The van der Waals surface area contributed by atoms with Crippen molar-refractivity contribution in [1.29, 1.82) is 5.26 Å². The number of benzene rings is 1. The minimum absolute atomic E-state index is 0.0534. The predicted molar refractivity (Wildman–Crippen MR) is 83.7 cm³/mol. The standard InChI is InChI=1S/C17H11N3O2S/c18-6-11-1-2-14-13(5-11)8-20(16(14)15-7-19-10-22-15)17(21)12-3-4-23-9-12/h1-5,7,9-10,16H,8H2/t16-/m0/s1. The first-order valence-electron chi connectivity index (χ1n) is 7.02. The summed E-state index contributed by atoms with van der Waals surface area (Å²) in [7, 11) is 0. The lowest BCUT2D eigenvalue weighted by molar-refractivity contribution is 0.0704. The fraction of sp³-hybridized carbons (Fsp3) is 0.118. The molecule has 0 unspecified atom stereocenters. The van der Waals surface area contributed by atoms with Gasteiger partial charge in [-0.3, -0.25) is 4.79 Å². The van der Waals surface area contributed by atoms with Gasteiger partial charge < -0.3 is 9.32 Å². The molecular weight excluding hydrogens is 310 g/mol. The van der Waals surface area contributed by atoms with Gasteiger partial charge in [-0.05, 0) is 34.7 Å². The molecular formula is C17H11N3O2S. The van der Waals surface area contributed by atoms with Crippen molar-refractivity contribution in [3.05, 3.63) is 75.6 Å². The largest absolute Gasteiger partial charge is 0.446 e. The summed E-state index contributed by atoms with van der Waals surface area (Å²) in [6.07, 6.45) is 3.00. The maximum atomic E-state index is 12.8. The molecule has 0 spiro atoms. The summed E-state index contributed by atoms with van der Waals surface area (Å²) in [5.74, 6) is 0.569. The molecule has 0 bridgehead atoms. The van der Waals surface area contributed by atoms with E-state index in [9.17, 15) is 4.79 Å². The SMILES string of the molecule is N#Cc1ccc2c(c1)CN(C(=O)c1ccsc1)[C@@H]2c1cnco1. The van der Waals surface area contributed by atoms with Gasteiger partial charge in [0.2, 0.25) is 0 Å². The van der Waals surface area contributed by atoms with Crippen LogP contribution < -0.4 is 0 Å². The Kier molecular flexibility index (Phi) is 3.21. The molecule has 1 aromatic carbocycles. The summed E-state index contributed by atoms with van der Waals surface area (Å²) in [6.45, 7) is 0.449. The van der Waals surface area contributed by atoms with E-state index in [-0.39, 0.29) is 11.9 Å². The molecule has 4 rings (SSSR count). The zero-order valence-corrected chi connectivity index (χ0v) is 12.8. The maximum absolute atomic E-state index is 12.8. The van der Waals surface area contributed by atoms with Gasteiger partial charge in [0.15, 0.2) is 12.2 Å². The lowest BCUT2D eigenvalue weighted by Crippen LogP contribution is -2.29. The highest BCUT2D eigenvalue weighted by molar-refractivity contribution is 7.08. The van der Waals surface area contributed by atoms with Crippen molar-refractivity contribution in [2.75, 3.05) is 0 Å². The van der Waals surface area contributed by atoms with E-state index in [4.69, 9.17) is 9.68 Å². The third kappa shape index (κ3) is 2.22. The number of carbonyl (C=O) groups excluding carboxylic acids is 1. The highest BCUT2D eigenvalue weighted by Crippen LogP contribution is 2.39. The number of hydrogen-bond donors (Lipinski definition) is 0. The number of aromatic nitrogens is 1. The Morgan fingerprint density at radius 1 is 1.43 bits per heavy atom. The molecule has 0 saturated heterocycles. The Balaban J connectivity index is 1.80. The summed E-state index contributed by atoms with van der Waals surface area (Å²) < 4.78 is 5.46. The summed E-state index contributed by atoms with van der Waals surface area (Å²) in [6, 6.07) is 9.13. The number of nitrogens with zero attached hydrogens (tertiary/aromatic N) is 3. The molecule has 1 atom stereocenters. The lowest BCUT2D eigenvalue weighted by Gasteiger charge is -2.23. The third-order valence-electron chi connectivity index (χ3n) is 3.97. The van der Waals surface area contributed by atoms with Crippen molar-refractivity contribution in [3.8, 4) is 6.07 Å². The van der Waals surface area contributed by atoms with Crippen LogP contribution in [-0.2, 0) is 6.54 Å². The van der Waals surface area contributed by atoms with Gasteiger partial charge in [-0.15, -0.1) is 0 Å². The van der Waals surface area contributed by atoms with Crippen molar-refractivity contribution in [2.45, 2.75) is 12.6 Å². The van der Waals surface area contributed by atoms with E-state index in [1.165, 1.54) is 17.7 Å². The van der Waals surface area contributed by atoms with E-state index in [1.807, 2.05) is 29.0 Å². The molecule has 3 aromatic rings. The third-order valence-corrected chi connectivity index (χ3v) is 4.65. The number of fused-ring (bicyclic) bond motifs is 1. The Labute approximate surface area is 136 Å². The minimum Gasteiger partial charge on any atom is -0.446 e. The van der Waals surface area contributed by atoms with Crippen molar-refractivity contribution >= 4 is 17.2 Å². The first-order valence-corrected chi connectivity index (χ1v) is 7.96. The van der Waals surface area contributed by atoms with Crippen molar-refractivity contribution < 1.29 is 9.21 Å². The Bertz CT molecular complexity index is 895. The van der Waals surface area contributed by atoms with E-state index in [0.717, 1.165) is 11.1 Å². The lowest BCUT2D eigenvalue weighted by atomic mass is 10.0. The molecule has 5 nitrogen and oxygen atoms in total. The van der Waals surface area contributed by atoms with Crippen LogP contribution in [0.3, 0.4) is 0 Å². The van der Waals surface area contributed by atoms with Gasteiger partial charge in [-0.25, -0.2) is 4.98 Å². The van der Waals surface area contributed by atoms with Crippen LogP contribution in [0.15, 0.2) is 52.0 Å². The Morgan fingerprint density at radius 3 is 3.04 bits per heavy atom. The first-order chi connectivity index (χ1) is 11.3. The fourth-order valence-electron chi connectivity index (χ4n) is 2.93. The number of oxazole rings is 1. The molecule has 0 saturated carbocycles. The van der Waals surface area contributed by atoms with Gasteiger partial charge in [-0.2, -0.15) is 16.6 Å². The average Bonchev–Trinajstić information content (AvgIpc) is 3.31. The highest BCUT2D eigenvalue weighted by atomic mass is 32.1. The summed E-state index contributed by atoms with van der Waals surface area (Å²) in [4.78, 5) is 18.6. The molecule has 112 valence electrons.